The lowest BCUT2D eigenvalue weighted by Gasteiger charge is -2.39. The molecule has 0 spiro atoms. The molecular formula is C19H27N3O3. The van der Waals surface area contributed by atoms with Crippen LogP contribution in [0.15, 0.2) is 18.2 Å². The number of hydrogen-bond donors (Lipinski definition) is 1. The van der Waals surface area contributed by atoms with Crippen molar-refractivity contribution >= 4 is 17.5 Å². The molecule has 1 N–H and O–H groups in total. The van der Waals surface area contributed by atoms with Gasteiger partial charge in [0.25, 0.3) is 0 Å². The van der Waals surface area contributed by atoms with Crippen LogP contribution >= 0.6 is 0 Å². The van der Waals surface area contributed by atoms with Gasteiger partial charge < -0.3 is 19.9 Å². The zero-order chi connectivity index (χ0) is 18.1. The van der Waals surface area contributed by atoms with Crippen LogP contribution in [-0.4, -0.2) is 55.5 Å². The maximum atomic E-state index is 13.0. The second-order valence-electron chi connectivity index (χ2n) is 7.10. The molecule has 0 aromatic heterocycles. The molecule has 2 saturated heterocycles. The van der Waals surface area contributed by atoms with Gasteiger partial charge in [-0.2, -0.15) is 0 Å². The van der Waals surface area contributed by atoms with E-state index in [1.165, 1.54) is 0 Å². The molecule has 1 aromatic carbocycles. The molecule has 3 atom stereocenters. The summed E-state index contributed by atoms with van der Waals surface area (Å²) in [7, 11) is 1.60. The summed E-state index contributed by atoms with van der Waals surface area (Å²) in [6, 6.07) is 6.17. The third-order valence-electron chi connectivity index (χ3n) is 5.42. The Labute approximate surface area is 149 Å². The largest absolute Gasteiger partial charge is 0.495 e. The number of amides is 2. The van der Waals surface area contributed by atoms with Gasteiger partial charge in [-0.1, -0.05) is 6.07 Å². The number of ether oxygens (including phenoxy) is 1. The summed E-state index contributed by atoms with van der Waals surface area (Å²) in [5.41, 5.74) is 1.81. The fraction of sp³-hybridized carbons (Fsp3) is 0.579. The summed E-state index contributed by atoms with van der Waals surface area (Å²) >= 11 is 0. The minimum absolute atomic E-state index is 0.0157. The van der Waals surface area contributed by atoms with Gasteiger partial charge in [-0.3, -0.25) is 9.59 Å². The standard InChI is InChI=1S/C19H27N3O3/c1-12-5-6-17(25-4)16(9-12)22-11-15(10-18(22)23)19(24)21-8-7-20-13(2)14(21)3/h5-6,9,13-15,20H,7-8,10-11H2,1-4H3. The van der Waals surface area contributed by atoms with Crippen molar-refractivity contribution in [2.24, 2.45) is 5.92 Å². The van der Waals surface area contributed by atoms with E-state index in [4.69, 9.17) is 4.74 Å². The summed E-state index contributed by atoms with van der Waals surface area (Å²) in [5.74, 6) is 0.447. The number of benzene rings is 1. The SMILES string of the molecule is COc1ccc(C)cc1N1CC(C(=O)N2CCNC(C)C2C)CC1=O. The van der Waals surface area contributed by atoms with Crippen molar-refractivity contribution in [3.63, 3.8) is 0 Å². The monoisotopic (exact) mass is 345 g/mol. The first-order chi connectivity index (χ1) is 11.9. The molecule has 25 heavy (non-hydrogen) atoms. The smallest absolute Gasteiger partial charge is 0.228 e. The summed E-state index contributed by atoms with van der Waals surface area (Å²) in [6.07, 6.45) is 0.265. The highest BCUT2D eigenvalue weighted by molar-refractivity contribution is 6.01. The first-order valence-corrected chi connectivity index (χ1v) is 8.91. The first-order valence-electron chi connectivity index (χ1n) is 8.91. The van der Waals surface area contributed by atoms with Crippen molar-refractivity contribution in [2.45, 2.75) is 39.3 Å². The van der Waals surface area contributed by atoms with Crippen LogP contribution in [0.1, 0.15) is 25.8 Å². The van der Waals surface area contributed by atoms with E-state index >= 15 is 0 Å². The van der Waals surface area contributed by atoms with Crippen molar-refractivity contribution < 1.29 is 14.3 Å². The molecule has 0 bridgehead atoms. The van der Waals surface area contributed by atoms with Gasteiger partial charge in [0.1, 0.15) is 5.75 Å². The molecule has 3 unspecified atom stereocenters. The van der Waals surface area contributed by atoms with Gasteiger partial charge in [0.15, 0.2) is 0 Å². The van der Waals surface area contributed by atoms with Gasteiger partial charge in [-0.15, -0.1) is 0 Å². The van der Waals surface area contributed by atoms with Crippen LogP contribution in [0.2, 0.25) is 0 Å². The van der Waals surface area contributed by atoms with Crippen LogP contribution in [-0.2, 0) is 9.59 Å². The molecule has 6 nitrogen and oxygen atoms in total. The number of aryl methyl sites for hydroxylation is 1. The zero-order valence-corrected chi connectivity index (χ0v) is 15.4. The van der Waals surface area contributed by atoms with Gasteiger partial charge in [-0.05, 0) is 38.5 Å². The van der Waals surface area contributed by atoms with Crippen LogP contribution in [0.25, 0.3) is 0 Å². The average Bonchev–Trinajstić information content (AvgIpc) is 2.98. The van der Waals surface area contributed by atoms with E-state index < -0.39 is 0 Å². The van der Waals surface area contributed by atoms with Crippen LogP contribution in [0, 0.1) is 12.8 Å². The summed E-state index contributed by atoms with van der Waals surface area (Å²) < 4.78 is 5.41. The molecule has 2 amide bonds. The normalized spacial score (nSPS) is 26.9. The highest BCUT2D eigenvalue weighted by atomic mass is 16.5. The van der Waals surface area contributed by atoms with E-state index in [1.807, 2.05) is 30.0 Å². The van der Waals surface area contributed by atoms with E-state index in [0.29, 0.717) is 18.8 Å². The maximum absolute atomic E-state index is 13.0. The second kappa shape index (κ2) is 7.04. The summed E-state index contributed by atoms with van der Waals surface area (Å²) in [4.78, 5) is 29.2. The molecule has 2 heterocycles. The maximum Gasteiger partial charge on any atom is 0.228 e. The van der Waals surface area contributed by atoms with Crippen molar-refractivity contribution in [3.8, 4) is 5.75 Å². The van der Waals surface area contributed by atoms with E-state index in [-0.39, 0.29) is 36.2 Å². The van der Waals surface area contributed by atoms with Crippen LogP contribution < -0.4 is 15.0 Å². The molecule has 2 fully saturated rings. The Hall–Kier alpha value is -2.08. The molecular weight excluding hydrogens is 318 g/mol. The highest BCUT2D eigenvalue weighted by Crippen LogP contribution is 2.34. The van der Waals surface area contributed by atoms with E-state index in [2.05, 4.69) is 19.2 Å². The minimum Gasteiger partial charge on any atom is -0.495 e. The molecule has 0 radical (unpaired) electrons. The molecule has 136 valence electrons. The number of carbonyl (C=O) groups is 2. The molecule has 0 saturated carbocycles. The number of piperazine rings is 1. The highest BCUT2D eigenvalue weighted by Gasteiger charge is 2.40. The third-order valence-corrected chi connectivity index (χ3v) is 5.42. The summed E-state index contributed by atoms with van der Waals surface area (Å²) in [6.45, 7) is 8.05. The number of anilines is 1. The number of nitrogens with zero attached hydrogens (tertiary/aromatic N) is 2. The van der Waals surface area contributed by atoms with Gasteiger partial charge in [0.05, 0.1) is 18.7 Å². The van der Waals surface area contributed by atoms with E-state index in [9.17, 15) is 9.59 Å². The first kappa shape index (κ1) is 17.7. The lowest BCUT2D eigenvalue weighted by Crippen LogP contribution is -2.58. The number of rotatable bonds is 3. The number of methoxy groups -OCH3 is 1. The molecule has 2 aliphatic heterocycles. The molecule has 1 aromatic rings. The fourth-order valence-electron chi connectivity index (χ4n) is 3.72. The lowest BCUT2D eigenvalue weighted by molar-refractivity contribution is -0.139. The number of carbonyl (C=O) groups excluding carboxylic acids is 2. The molecule has 2 aliphatic rings. The van der Waals surface area contributed by atoms with Gasteiger partial charge in [-0.25, -0.2) is 0 Å². The topological polar surface area (TPSA) is 61.9 Å². The predicted molar refractivity (Wildman–Crippen MR) is 96.8 cm³/mol. The number of nitrogens with one attached hydrogen (secondary N) is 1. The van der Waals surface area contributed by atoms with Gasteiger partial charge in [0, 0.05) is 38.1 Å². The quantitative estimate of drug-likeness (QED) is 0.903. The lowest BCUT2D eigenvalue weighted by atomic mass is 10.0. The van der Waals surface area contributed by atoms with Gasteiger partial charge >= 0.3 is 0 Å². The van der Waals surface area contributed by atoms with Crippen LogP contribution in [0.5, 0.6) is 5.75 Å². The van der Waals surface area contributed by atoms with Crippen molar-refractivity contribution in [2.75, 3.05) is 31.6 Å². The Bertz CT molecular complexity index is 676. The Morgan fingerprint density at radius 2 is 2.08 bits per heavy atom. The predicted octanol–water partition coefficient (Wildman–Crippen LogP) is 1.57. The Balaban J connectivity index is 1.79. The van der Waals surface area contributed by atoms with Crippen LogP contribution in [0.4, 0.5) is 5.69 Å². The molecule has 6 heteroatoms. The fourth-order valence-corrected chi connectivity index (χ4v) is 3.72. The Morgan fingerprint density at radius 3 is 2.80 bits per heavy atom. The third kappa shape index (κ3) is 3.35. The van der Waals surface area contributed by atoms with Crippen molar-refractivity contribution in [3.05, 3.63) is 23.8 Å². The van der Waals surface area contributed by atoms with Crippen molar-refractivity contribution in [1.29, 1.82) is 0 Å². The van der Waals surface area contributed by atoms with E-state index in [1.54, 1.807) is 12.0 Å². The zero-order valence-electron chi connectivity index (χ0n) is 15.4. The Kier molecular flexibility index (Phi) is 4.99. The van der Waals surface area contributed by atoms with Crippen molar-refractivity contribution in [1.82, 2.24) is 10.2 Å². The minimum atomic E-state index is -0.287. The van der Waals surface area contributed by atoms with Crippen LogP contribution in [0.3, 0.4) is 0 Å². The Morgan fingerprint density at radius 1 is 1.32 bits per heavy atom. The molecule has 3 rings (SSSR count). The average molecular weight is 345 g/mol. The van der Waals surface area contributed by atoms with E-state index in [0.717, 1.165) is 17.8 Å². The second-order valence-corrected chi connectivity index (χ2v) is 7.10. The van der Waals surface area contributed by atoms with Gasteiger partial charge in [0.2, 0.25) is 11.8 Å². The summed E-state index contributed by atoms with van der Waals surface area (Å²) in [5, 5.41) is 3.38. The number of hydrogen-bond acceptors (Lipinski definition) is 4. The molecule has 0 aliphatic carbocycles.